The van der Waals surface area contributed by atoms with E-state index in [1.807, 2.05) is 39.0 Å². The van der Waals surface area contributed by atoms with Gasteiger partial charge >= 0.3 is 0 Å². The Balaban J connectivity index is 2.05. The van der Waals surface area contributed by atoms with Crippen LogP contribution in [0.1, 0.15) is 37.5 Å². The highest BCUT2D eigenvalue weighted by Crippen LogP contribution is 2.21. The van der Waals surface area contributed by atoms with Crippen LogP contribution in [-0.2, 0) is 17.9 Å². The zero-order valence-electron chi connectivity index (χ0n) is 18.2. The Kier molecular flexibility index (Phi) is 9.00. The van der Waals surface area contributed by atoms with Gasteiger partial charge in [-0.1, -0.05) is 24.3 Å². The molecule has 2 aromatic carbocycles. The lowest BCUT2D eigenvalue weighted by molar-refractivity contribution is -0.119. The van der Waals surface area contributed by atoms with Crippen molar-refractivity contribution in [3.8, 4) is 11.5 Å². The second-order valence-electron chi connectivity index (χ2n) is 7.23. The lowest BCUT2D eigenvalue weighted by atomic mass is 10.1. The van der Waals surface area contributed by atoms with Gasteiger partial charge < -0.3 is 25.8 Å². The average Bonchev–Trinajstić information content (AvgIpc) is 2.69. The summed E-state index contributed by atoms with van der Waals surface area (Å²) in [5.74, 6) is 1.67. The van der Waals surface area contributed by atoms with Gasteiger partial charge in [0.25, 0.3) is 5.91 Å². The maximum Gasteiger partial charge on any atom is 0.255 e. The molecule has 7 nitrogen and oxygen atoms in total. The molecule has 0 unspecified atom stereocenters. The van der Waals surface area contributed by atoms with E-state index >= 15 is 0 Å². The highest BCUT2D eigenvalue weighted by molar-refractivity contribution is 5.79. The van der Waals surface area contributed by atoms with Crippen molar-refractivity contribution < 1.29 is 14.3 Å². The molecule has 2 rings (SSSR count). The van der Waals surface area contributed by atoms with E-state index < -0.39 is 5.91 Å². The molecule has 2 aromatic rings. The molecule has 162 valence electrons. The van der Waals surface area contributed by atoms with Gasteiger partial charge in [0.05, 0.1) is 12.6 Å². The van der Waals surface area contributed by atoms with E-state index in [-0.39, 0.29) is 12.7 Å². The van der Waals surface area contributed by atoms with E-state index in [9.17, 15) is 4.79 Å². The van der Waals surface area contributed by atoms with Crippen LogP contribution in [0.2, 0.25) is 0 Å². The minimum absolute atomic E-state index is 0.108. The first-order valence-electron chi connectivity index (χ1n) is 10.2. The van der Waals surface area contributed by atoms with Crippen molar-refractivity contribution in [3.05, 3.63) is 59.2 Å². The van der Waals surface area contributed by atoms with Crippen molar-refractivity contribution in [2.45, 2.75) is 46.9 Å². The van der Waals surface area contributed by atoms with Crippen LogP contribution in [0.5, 0.6) is 11.5 Å². The summed E-state index contributed by atoms with van der Waals surface area (Å²) < 4.78 is 11.3. The molecule has 0 saturated heterocycles. The quantitative estimate of drug-likeness (QED) is 0.412. The topological polar surface area (TPSA) is 98.0 Å². The normalized spacial score (nSPS) is 11.3. The van der Waals surface area contributed by atoms with Crippen LogP contribution in [0, 0.1) is 6.92 Å². The number of carbonyl (C=O) groups excluding carboxylic acids is 1. The number of ether oxygens (including phenoxy) is 2. The van der Waals surface area contributed by atoms with E-state index in [1.165, 1.54) is 0 Å². The predicted molar refractivity (Wildman–Crippen MR) is 120 cm³/mol. The minimum atomic E-state index is -0.506. The molecule has 0 heterocycles. The Labute approximate surface area is 178 Å². The zero-order valence-corrected chi connectivity index (χ0v) is 18.2. The van der Waals surface area contributed by atoms with Crippen LogP contribution in [-0.4, -0.2) is 31.1 Å². The van der Waals surface area contributed by atoms with Crippen molar-refractivity contribution in [2.75, 3.05) is 13.2 Å². The van der Waals surface area contributed by atoms with Gasteiger partial charge in [0.2, 0.25) is 0 Å². The van der Waals surface area contributed by atoms with Gasteiger partial charge in [-0.05, 0) is 57.0 Å². The van der Waals surface area contributed by atoms with Gasteiger partial charge in [-0.3, -0.25) is 4.79 Å². The fourth-order valence-corrected chi connectivity index (χ4v) is 2.75. The summed E-state index contributed by atoms with van der Waals surface area (Å²) in [6, 6.07) is 13.7. The largest absolute Gasteiger partial charge is 0.491 e. The van der Waals surface area contributed by atoms with E-state index in [0.29, 0.717) is 24.8 Å². The number of hydrogen-bond acceptors (Lipinski definition) is 4. The van der Waals surface area contributed by atoms with Gasteiger partial charge in [-0.2, -0.15) is 0 Å². The minimum Gasteiger partial charge on any atom is -0.491 e. The first-order chi connectivity index (χ1) is 14.4. The molecule has 0 bridgehead atoms. The zero-order chi connectivity index (χ0) is 21.9. The van der Waals surface area contributed by atoms with Gasteiger partial charge in [0.15, 0.2) is 12.6 Å². The Morgan fingerprint density at radius 2 is 1.97 bits per heavy atom. The van der Waals surface area contributed by atoms with Crippen molar-refractivity contribution in [1.29, 1.82) is 0 Å². The standard InChI is InChI=1S/C23H32N4O3/c1-5-25-23(26-13-18-7-6-8-20(12-18)29-15-22(24)28)27-14-19-10-9-17(4)11-21(19)30-16(2)3/h6-12,16H,5,13-15H2,1-4H3,(H2,24,28)(H2,25,26,27). The fraction of sp³-hybridized carbons (Fsp3) is 0.391. The number of benzene rings is 2. The maximum atomic E-state index is 10.9. The highest BCUT2D eigenvalue weighted by atomic mass is 16.5. The van der Waals surface area contributed by atoms with Gasteiger partial charge in [-0.25, -0.2) is 4.99 Å². The summed E-state index contributed by atoms with van der Waals surface area (Å²) >= 11 is 0. The third-order valence-corrected chi connectivity index (χ3v) is 4.08. The lowest BCUT2D eigenvalue weighted by Gasteiger charge is -2.17. The van der Waals surface area contributed by atoms with E-state index in [2.05, 4.69) is 40.7 Å². The number of hydrogen-bond donors (Lipinski definition) is 3. The average molecular weight is 413 g/mol. The number of nitrogens with one attached hydrogen (secondary N) is 2. The Hall–Kier alpha value is -3.22. The predicted octanol–water partition coefficient (Wildman–Crippen LogP) is 2.90. The number of carbonyl (C=O) groups is 1. The summed E-state index contributed by atoms with van der Waals surface area (Å²) in [6.45, 7) is 9.78. The molecule has 0 atom stereocenters. The molecule has 1 amide bonds. The summed E-state index contributed by atoms with van der Waals surface area (Å²) in [6.07, 6.45) is 0.108. The number of primary amides is 1. The second-order valence-corrected chi connectivity index (χ2v) is 7.23. The van der Waals surface area contributed by atoms with E-state index in [4.69, 9.17) is 15.2 Å². The number of rotatable bonds is 10. The van der Waals surface area contributed by atoms with Gasteiger partial charge in [0.1, 0.15) is 11.5 Å². The molecule has 0 aliphatic heterocycles. The van der Waals surface area contributed by atoms with Crippen molar-refractivity contribution >= 4 is 11.9 Å². The molecule has 0 aliphatic carbocycles. The fourth-order valence-electron chi connectivity index (χ4n) is 2.75. The summed E-state index contributed by atoms with van der Waals surface area (Å²) in [7, 11) is 0. The number of nitrogens with two attached hydrogens (primary N) is 1. The van der Waals surface area contributed by atoms with Crippen LogP contribution in [0.25, 0.3) is 0 Å². The summed E-state index contributed by atoms with van der Waals surface area (Å²) in [5, 5.41) is 6.62. The SMILES string of the molecule is CCNC(=NCc1cccc(OCC(N)=O)c1)NCc1ccc(C)cc1OC(C)C. The lowest BCUT2D eigenvalue weighted by Crippen LogP contribution is -2.36. The first-order valence-corrected chi connectivity index (χ1v) is 10.2. The number of guanidine groups is 1. The smallest absolute Gasteiger partial charge is 0.255 e. The van der Waals surface area contributed by atoms with Crippen LogP contribution in [0.15, 0.2) is 47.5 Å². The van der Waals surface area contributed by atoms with Gasteiger partial charge in [-0.15, -0.1) is 0 Å². The molecular formula is C23H32N4O3. The summed E-state index contributed by atoms with van der Waals surface area (Å²) in [5.41, 5.74) is 8.32. The molecule has 0 saturated carbocycles. The van der Waals surface area contributed by atoms with E-state index in [0.717, 1.165) is 29.0 Å². The molecular weight excluding hydrogens is 380 g/mol. The van der Waals surface area contributed by atoms with Crippen LogP contribution in [0.4, 0.5) is 0 Å². The number of amides is 1. The molecule has 0 aromatic heterocycles. The van der Waals surface area contributed by atoms with Crippen LogP contribution < -0.4 is 25.8 Å². The third-order valence-electron chi connectivity index (χ3n) is 4.08. The molecule has 0 spiro atoms. The molecule has 0 aliphatic rings. The Bertz CT molecular complexity index is 865. The van der Waals surface area contributed by atoms with Crippen LogP contribution in [0.3, 0.4) is 0 Å². The Morgan fingerprint density at radius 3 is 2.67 bits per heavy atom. The maximum absolute atomic E-state index is 10.9. The monoisotopic (exact) mass is 412 g/mol. The van der Waals surface area contributed by atoms with Crippen LogP contribution >= 0.6 is 0 Å². The molecule has 0 radical (unpaired) electrons. The number of aryl methyl sites for hydroxylation is 1. The first kappa shape index (κ1) is 23.1. The second kappa shape index (κ2) is 11.7. The van der Waals surface area contributed by atoms with E-state index in [1.54, 1.807) is 6.07 Å². The summed E-state index contributed by atoms with van der Waals surface area (Å²) in [4.78, 5) is 15.5. The Morgan fingerprint density at radius 1 is 1.17 bits per heavy atom. The molecule has 7 heteroatoms. The number of aliphatic imine (C=N–C) groups is 1. The van der Waals surface area contributed by atoms with Crippen molar-refractivity contribution in [1.82, 2.24) is 10.6 Å². The molecule has 4 N–H and O–H groups in total. The molecule has 0 fully saturated rings. The number of nitrogens with zero attached hydrogens (tertiary/aromatic N) is 1. The van der Waals surface area contributed by atoms with Crippen molar-refractivity contribution in [2.24, 2.45) is 10.7 Å². The highest BCUT2D eigenvalue weighted by Gasteiger charge is 2.08. The van der Waals surface area contributed by atoms with Crippen molar-refractivity contribution in [3.63, 3.8) is 0 Å². The van der Waals surface area contributed by atoms with Gasteiger partial charge in [0, 0.05) is 18.7 Å². The third kappa shape index (κ3) is 8.03. The molecule has 30 heavy (non-hydrogen) atoms.